The van der Waals surface area contributed by atoms with E-state index in [1.807, 2.05) is 36.4 Å². The van der Waals surface area contributed by atoms with Crippen LogP contribution in [0.25, 0.3) is 0 Å². The number of hydrogen-bond acceptors (Lipinski definition) is 6. The van der Waals surface area contributed by atoms with E-state index in [-0.39, 0.29) is 12.5 Å². The molecular formula is C24H23ClN2O5. The fourth-order valence-electron chi connectivity index (χ4n) is 2.86. The van der Waals surface area contributed by atoms with Crippen LogP contribution in [-0.4, -0.2) is 32.7 Å². The van der Waals surface area contributed by atoms with Crippen molar-refractivity contribution >= 4 is 34.9 Å². The van der Waals surface area contributed by atoms with E-state index in [1.54, 1.807) is 24.3 Å². The average molecular weight is 455 g/mol. The van der Waals surface area contributed by atoms with Gasteiger partial charge in [-0.2, -0.15) is 0 Å². The Kier molecular flexibility index (Phi) is 7.94. The van der Waals surface area contributed by atoms with Gasteiger partial charge in [0.2, 0.25) is 0 Å². The topological polar surface area (TPSA) is 85.9 Å². The Labute approximate surface area is 191 Å². The molecule has 0 aliphatic carbocycles. The lowest BCUT2D eigenvalue weighted by atomic mass is 10.1. The summed E-state index contributed by atoms with van der Waals surface area (Å²) >= 11 is 6.38. The van der Waals surface area contributed by atoms with Crippen LogP contribution in [0.1, 0.15) is 15.9 Å². The summed E-state index contributed by atoms with van der Waals surface area (Å²) in [6.07, 6.45) is 0. The Morgan fingerprint density at radius 2 is 1.72 bits per heavy atom. The zero-order valence-corrected chi connectivity index (χ0v) is 18.4. The van der Waals surface area contributed by atoms with Gasteiger partial charge >= 0.3 is 5.97 Å². The molecule has 0 bridgehead atoms. The van der Waals surface area contributed by atoms with E-state index in [4.69, 9.17) is 21.1 Å². The van der Waals surface area contributed by atoms with Crippen molar-refractivity contribution in [2.45, 2.75) is 6.54 Å². The number of carbonyl (C=O) groups excluding carboxylic acids is 2. The summed E-state index contributed by atoms with van der Waals surface area (Å²) in [5, 5.41) is 6.58. The summed E-state index contributed by atoms with van der Waals surface area (Å²) in [4.78, 5) is 23.9. The van der Waals surface area contributed by atoms with Crippen molar-refractivity contribution < 1.29 is 23.8 Å². The van der Waals surface area contributed by atoms with Gasteiger partial charge in [0.05, 0.1) is 24.9 Å². The van der Waals surface area contributed by atoms with Gasteiger partial charge in [-0.25, -0.2) is 4.79 Å². The van der Waals surface area contributed by atoms with E-state index in [0.717, 1.165) is 11.3 Å². The van der Waals surface area contributed by atoms with E-state index < -0.39 is 5.97 Å². The van der Waals surface area contributed by atoms with Crippen LogP contribution in [0.15, 0.2) is 66.7 Å². The summed E-state index contributed by atoms with van der Waals surface area (Å²) in [7, 11) is 2.72. The molecule has 0 unspecified atom stereocenters. The third kappa shape index (κ3) is 6.15. The molecule has 0 atom stereocenters. The van der Waals surface area contributed by atoms with E-state index in [2.05, 4.69) is 15.4 Å². The van der Waals surface area contributed by atoms with Gasteiger partial charge in [-0.1, -0.05) is 41.9 Å². The Hall–Kier alpha value is -3.71. The first-order chi connectivity index (χ1) is 15.5. The number of nitrogens with one attached hydrogen (secondary N) is 2. The van der Waals surface area contributed by atoms with Gasteiger partial charge in [0.25, 0.3) is 5.91 Å². The van der Waals surface area contributed by atoms with Gasteiger partial charge in [-0.15, -0.1) is 0 Å². The highest BCUT2D eigenvalue weighted by Crippen LogP contribution is 2.29. The second-order valence-corrected chi connectivity index (χ2v) is 7.13. The van der Waals surface area contributed by atoms with Gasteiger partial charge in [-0.05, 0) is 42.0 Å². The maximum Gasteiger partial charge on any atom is 0.343 e. The minimum Gasteiger partial charge on any atom is -0.493 e. The summed E-state index contributed by atoms with van der Waals surface area (Å²) < 4.78 is 15.2. The lowest BCUT2D eigenvalue weighted by Crippen LogP contribution is -2.14. The van der Waals surface area contributed by atoms with Crippen molar-refractivity contribution in [3.8, 4) is 11.5 Å². The monoisotopic (exact) mass is 454 g/mol. The van der Waals surface area contributed by atoms with Crippen LogP contribution in [0.5, 0.6) is 11.5 Å². The van der Waals surface area contributed by atoms with Crippen molar-refractivity contribution in [3.05, 3.63) is 82.9 Å². The first-order valence-electron chi connectivity index (χ1n) is 9.76. The summed E-state index contributed by atoms with van der Waals surface area (Å²) in [6, 6.07) is 19.9. The van der Waals surface area contributed by atoms with Crippen LogP contribution in [-0.2, 0) is 16.1 Å². The van der Waals surface area contributed by atoms with E-state index in [9.17, 15) is 9.59 Å². The number of carbonyl (C=O) groups is 2. The second kappa shape index (κ2) is 11.1. The molecule has 166 valence electrons. The molecule has 32 heavy (non-hydrogen) atoms. The van der Waals surface area contributed by atoms with Crippen molar-refractivity contribution in [1.29, 1.82) is 0 Å². The molecule has 0 saturated heterocycles. The van der Waals surface area contributed by atoms with Crippen LogP contribution >= 0.6 is 11.6 Å². The molecule has 3 rings (SSSR count). The van der Waals surface area contributed by atoms with Gasteiger partial charge in [0.1, 0.15) is 0 Å². The van der Waals surface area contributed by atoms with Crippen LogP contribution < -0.4 is 20.1 Å². The zero-order valence-electron chi connectivity index (χ0n) is 17.7. The van der Waals surface area contributed by atoms with Crippen molar-refractivity contribution in [3.63, 3.8) is 0 Å². The molecule has 0 aliphatic rings. The lowest BCUT2D eigenvalue weighted by Gasteiger charge is -2.13. The molecule has 3 aromatic rings. The Bertz CT molecular complexity index is 1090. The quantitative estimate of drug-likeness (QED) is 0.453. The SMILES string of the molecule is COC(=O)COc1ccc(C(=O)Nc2ccc(NCc3ccccc3)c(Cl)c2)cc1OC. The van der Waals surface area contributed by atoms with Gasteiger partial charge in [0, 0.05) is 17.8 Å². The number of halogens is 1. The number of rotatable bonds is 9. The van der Waals surface area contributed by atoms with Crippen molar-refractivity contribution in [1.82, 2.24) is 0 Å². The first kappa shape index (κ1) is 23.0. The molecular weight excluding hydrogens is 432 g/mol. The third-order valence-corrected chi connectivity index (χ3v) is 4.86. The van der Waals surface area contributed by atoms with E-state index in [0.29, 0.717) is 34.3 Å². The van der Waals surface area contributed by atoms with Gasteiger partial charge < -0.3 is 24.8 Å². The maximum absolute atomic E-state index is 12.7. The molecule has 0 heterocycles. The lowest BCUT2D eigenvalue weighted by molar-refractivity contribution is -0.142. The zero-order chi connectivity index (χ0) is 22.9. The van der Waals surface area contributed by atoms with Crippen LogP contribution in [0, 0.1) is 0 Å². The van der Waals surface area contributed by atoms with Crippen molar-refractivity contribution in [2.24, 2.45) is 0 Å². The summed E-state index contributed by atoms with van der Waals surface area (Å²) in [6.45, 7) is 0.373. The summed E-state index contributed by atoms with van der Waals surface area (Å²) in [5.41, 5.74) is 2.81. The smallest absolute Gasteiger partial charge is 0.343 e. The molecule has 7 nitrogen and oxygen atoms in total. The Morgan fingerprint density at radius 1 is 0.938 bits per heavy atom. The normalized spacial score (nSPS) is 10.2. The molecule has 3 aromatic carbocycles. The molecule has 0 aliphatic heterocycles. The fourth-order valence-corrected chi connectivity index (χ4v) is 3.10. The van der Waals surface area contributed by atoms with Crippen LogP contribution in [0.3, 0.4) is 0 Å². The molecule has 0 saturated carbocycles. The number of amides is 1. The number of anilines is 2. The highest BCUT2D eigenvalue weighted by Gasteiger charge is 2.13. The first-order valence-corrected chi connectivity index (χ1v) is 10.1. The molecule has 0 spiro atoms. The predicted molar refractivity (Wildman–Crippen MR) is 124 cm³/mol. The molecule has 8 heteroatoms. The van der Waals surface area contributed by atoms with E-state index in [1.165, 1.54) is 20.3 Å². The van der Waals surface area contributed by atoms with E-state index >= 15 is 0 Å². The van der Waals surface area contributed by atoms with Gasteiger partial charge in [0.15, 0.2) is 18.1 Å². The molecule has 0 radical (unpaired) electrons. The summed E-state index contributed by atoms with van der Waals surface area (Å²) in [5.74, 6) is -0.220. The fraction of sp³-hybridized carbons (Fsp3) is 0.167. The second-order valence-electron chi connectivity index (χ2n) is 6.72. The minimum absolute atomic E-state index is 0.262. The van der Waals surface area contributed by atoms with Crippen molar-refractivity contribution in [2.75, 3.05) is 31.5 Å². The molecule has 1 amide bonds. The predicted octanol–water partition coefficient (Wildman–Crippen LogP) is 4.76. The molecule has 2 N–H and O–H groups in total. The Morgan fingerprint density at radius 3 is 2.41 bits per heavy atom. The number of hydrogen-bond donors (Lipinski definition) is 2. The largest absolute Gasteiger partial charge is 0.493 e. The van der Waals surface area contributed by atoms with Gasteiger partial charge in [-0.3, -0.25) is 4.79 Å². The number of ether oxygens (including phenoxy) is 3. The molecule has 0 aromatic heterocycles. The third-order valence-electron chi connectivity index (χ3n) is 4.55. The van der Waals surface area contributed by atoms with Crippen LogP contribution in [0.2, 0.25) is 5.02 Å². The maximum atomic E-state index is 12.7. The standard InChI is InChI=1S/C24H23ClN2O5/c1-30-22-12-17(8-11-21(22)32-15-23(28)31-2)24(29)27-18-9-10-20(19(25)13-18)26-14-16-6-4-3-5-7-16/h3-13,26H,14-15H2,1-2H3,(H,27,29). The number of benzene rings is 3. The number of methoxy groups -OCH3 is 2. The minimum atomic E-state index is -0.521. The highest BCUT2D eigenvalue weighted by molar-refractivity contribution is 6.33. The van der Waals surface area contributed by atoms with Crippen LogP contribution in [0.4, 0.5) is 11.4 Å². The highest BCUT2D eigenvalue weighted by atomic mass is 35.5. The Balaban J connectivity index is 1.64. The number of esters is 1. The average Bonchev–Trinajstić information content (AvgIpc) is 2.82. The molecule has 0 fully saturated rings.